The summed E-state index contributed by atoms with van der Waals surface area (Å²) < 4.78 is 11.6. The molecule has 2 heterocycles. The second-order valence-corrected chi connectivity index (χ2v) is 7.37. The van der Waals surface area contributed by atoms with Crippen LogP contribution in [0.15, 0.2) is 77.9 Å². The van der Waals surface area contributed by atoms with Gasteiger partial charge in [-0.05, 0) is 48.0 Å². The van der Waals surface area contributed by atoms with Crippen molar-refractivity contribution in [1.29, 1.82) is 0 Å². The Labute approximate surface area is 169 Å². The van der Waals surface area contributed by atoms with E-state index < -0.39 is 0 Å². The number of ether oxygens (including phenoxy) is 2. The third-order valence-electron chi connectivity index (χ3n) is 5.26. The average Bonchev–Trinajstić information content (AvgIpc) is 3.19. The first-order valence-corrected chi connectivity index (χ1v) is 9.62. The molecule has 0 bridgehead atoms. The molecule has 0 unspecified atom stereocenters. The molecule has 0 amide bonds. The van der Waals surface area contributed by atoms with Crippen molar-refractivity contribution in [2.45, 2.75) is 18.7 Å². The minimum atomic E-state index is -0.311. The summed E-state index contributed by atoms with van der Waals surface area (Å²) in [5, 5.41) is 7.72. The summed E-state index contributed by atoms with van der Waals surface area (Å²) in [6.45, 7) is 0. The zero-order valence-corrected chi connectivity index (χ0v) is 16.1. The Bertz CT molecular complexity index is 1050. The smallest absolute Gasteiger partial charge is 0.213 e. The number of hydrogen-bond acceptors (Lipinski definition) is 4. The Morgan fingerprint density at radius 1 is 1.04 bits per heavy atom. The van der Waals surface area contributed by atoms with Crippen LogP contribution in [0, 0.1) is 0 Å². The van der Waals surface area contributed by atoms with E-state index in [2.05, 4.69) is 23.2 Å². The summed E-state index contributed by atoms with van der Waals surface area (Å²) >= 11 is 6.24. The third-order valence-corrected chi connectivity index (χ3v) is 5.49. The maximum Gasteiger partial charge on any atom is 0.213 e. The van der Waals surface area contributed by atoms with Crippen molar-refractivity contribution in [1.82, 2.24) is 5.01 Å². The van der Waals surface area contributed by atoms with Crippen molar-refractivity contribution in [2.24, 2.45) is 5.10 Å². The molecule has 2 atom stereocenters. The van der Waals surface area contributed by atoms with Crippen LogP contribution in [0.5, 0.6) is 11.5 Å². The van der Waals surface area contributed by atoms with Gasteiger partial charge in [0.05, 0.1) is 18.9 Å². The topological polar surface area (TPSA) is 34.1 Å². The van der Waals surface area contributed by atoms with E-state index in [9.17, 15) is 0 Å². The highest BCUT2D eigenvalue weighted by Gasteiger charge is 2.40. The first-order valence-electron chi connectivity index (χ1n) is 9.24. The van der Waals surface area contributed by atoms with Crippen molar-refractivity contribution in [3.63, 3.8) is 0 Å². The maximum absolute atomic E-state index is 6.35. The molecule has 28 heavy (non-hydrogen) atoms. The van der Waals surface area contributed by atoms with E-state index in [4.69, 9.17) is 26.2 Å². The summed E-state index contributed by atoms with van der Waals surface area (Å²) in [5.41, 5.74) is 4.29. The lowest BCUT2D eigenvalue weighted by Gasteiger charge is -2.38. The maximum atomic E-state index is 6.35. The van der Waals surface area contributed by atoms with Crippen LogP contribution in [0.25, 0.3) is 0 Å². The number of halogens is 1. The number of methoxy groups -OCH3 is 1. The van der Waals surface area contributed by atoms with E-state index in [-0.39, 0.29) is 12.3 Å². The van der Waals surface area contributed by atoms with Gasteiger partial charge < -0.3 is 9.47 Å². The first kappa shape index (κ1) is 17.1. The molecule has 5 heteroatoms. The van der Waals surface area contributed by atoms with Crippen LogP contribution in [0.3, 0.4) is 0 Å². The Kier molecular flexibility index (Phi) is 4.21. The van der Waals surface area contributed by atoms with Gasteiger partial charge in [-0.25, -0.2) is 5.01 Å². The van der Waals surface area contributed by atoms with E-state index in [1.165, 1.54) is 0 Å². The van der Waals surface area contributed by atoms with E-state index in [1.807, 2.05) is 54.6 Å². The zero-order valence-electron chi connectivity index (χ0n) is 15.4. The lowest BCUT2D eigenvalue weighted by atomic mass is 9.96. The van der Waals surface area contributed by atoms with E-state index in [1.54, 1.807) is 7.11 Å². The van der Waals surface area contributed by atoms with Gasteiger partial charge in [-0.1, -0.05) is 41.9 Å². The molecule has 140 valence electrons. The highest BCUT2D eigenvalue weighted by molar-refractivity contribution is 6.30. The van der Waals surface area contributed by atoms with Gasteiger partial charge in [-0.2, -0.15) is 5.10 Å². The van der Waals surface area contributed by atoms with Crippen molar-refractivity contribution >= 4 is 17.3 Å². The SMILES string of the molecule is COc1ccc(C2=NN3[C@H](C2)c2ccccc2O[C@@H]3c2cccc(Cl)c2)cc1. The first-order chi connectivity index (χ1) is 13.7. The molecule has 3 aromatic rings. The molecule has 0 aromatic heterocycles. The Hall–Kier alpha value is -2.98. The molecule has 0 saturated heterocycles. The molecule has 5 rings (SSSR count). The van der Waals surface area contributed by atoms with Gasteiger partial charge in [0.1, 0.15) is 11.5 Å². The fourth-order valence-corrected chi connectivity index (χ4v) is 4.07. The van der Waals surface area contributed by atoms with Crippen LogP contribution >= 0.6 is 11.6 Å². The van der Waals surface area contributed by atoms with E-state index in [0.717, 1.165) is 40.3 Å². The molecular weight excluding hydrogens is 372 g/mol. The second kappa shape index (κ2) is 6.88. The van der Waals surface area contributed by atoms with Gasteiger partial charge in [0.25, 0.3) is 0 Å². The van der Waals surface area contributed by atoms with Crippen molar-refractivity contribution in [3.05, 3.63) is 94.5 Å². The summed E-state index contributed by atoms with van der Waals surface area (Å²) in [6.07, 6.45) is 0.512. The standard InChI is InChI=1S/C23H19ClN2O2/c1-27-18-11-9-15(10-12-18)20-14-21-19-7-2-3-8-22(19)28-23(26(21)25-20)16-5-4-6-17(24)13-16/h2-13,21,23H,14H2,1H3/t21-,23-/m1/s1. The lowest BCUT2D eigenvalue weighted by Crippen LogP contribution is -2.33. The molecule has 0 N–H and O–H groups in total. The molecule has 3 aromatic carbocycles. The van der Waals surface area contributed by atoms with Crippen LogP contribution in [0.1, 0.15) is 35.4 Å². The van der Waals surface area contributed by atoms with Crippen molar-refractivity contribution in [3.8, 4) is 11.5 Å². The lowest BCUT2D eigenvalue weighted by molar-refractivity contribution is -0.0190. The molecular formula is C23H19ClN2O2. The monoisotopic (exact) mass is 390 g/mol. The van der Waals surface area contributed by atoms with Crippen LogP contribution in [0.2, 0.25) is 5.02 Å². The molecule has 0 saturated carbocycles. The van der Waals surface area contributed by atoms with Crippen LogP contribution < -0.4 is 9.47 Å². The molecule has 4 nitrogen and oxygen atoms in total. The quantitative estimate of drug-likeness (QED) is 0.584. The molecule has 0 fully saturated rings. The summed E-state index contributed by atoms with van der Waals surface area (Å²) in [7, 11) is 1.67. The molecule has 0 radical (unpaired) electrons. The fourth-order valence-electron chi connectivity index (χ4n) is 3.87. The number of fused-ring (bicyclic) bond motifs is 3. The van der Waals surface area contributed by atoms with Gasteiger partial charge in [-0.15, -0.1) is 0 Å². The minimum Gasteiger partial charge on any atom is -0.497 e. The zero-order chi connectivity index (χ0) is 19.1. The third kappa shape index (κ3) is 2.90. The molecule has 2 aliphatic heterocycles. The highest BCUT2D eigenvalue weighted by atomic mass is 35.5. The molecule has 0 aliphatic carbocycles. The van der Waals surface area contributed by atoms with Crippen molar-refractivity contribution in [2.75, 3.05) is 7.11 Å². The van der Waals surface area contributed by atoms with Gasteiger partial charge in [0, 0.05) is 22.6 Å². The van der Waals surface area contributed by atoms with Crippen molar-refractivity contribution < 1.29 is 9.47 Å². The molecule has 2 aliphatic rings. The normalized spacial score (nSPS) is 20.1. The number of rotatable bonds is 3. The van der Waals surface area contributed by atoms with Gasteiger partial charge in [0.15, 0.2) is 0 Å². The second-order valence-electron chi connectivity index (χ2n) is 6.94. The Morgan fingerprint density at radius 2 is 1.86 bits per heavy atom. The highest BCUT2D eigenvalue weighted by Crippen LogP contribution is 2.47. The predicted molar refractivity (Wildman–Crippen MR) is 110 cm³/mol. The molecule has 0 spiro atoms. The number of nitrogens with zero attached hydrogens (tertiary/aromatic N) is 2. The van der Waals surface area contributed by atoms with Gasteiger partial charge in [-0.3, -0.25) is 0 Å². The largest absolute Gasteiger partial charge is 0.497 e. The number of hydrazone groups is 1. The van der Waals surface area contributed by atoms with Gasteiger partial charge in [0.2, 0.25) is 6.23 Å². The summed E-state index contributed by atoms with van der Waals surface area (Å²) in [6, 6.07) is 24.2. The van der Waals surface area contributed by atoms with E-state index >= 15 is 0 Å². The fraction of sp³-hybridized carbons (Fsp3) is 0.174. The summed E-state index contributed by atoms with van der Waals surface area (Å²) in [4.78, 5) is 0. The summed E-state index contributed by atoms with van der Waals surface area (Å²) in [5.74, 6) is 1.74. The van der Waals surface area contributed by atoms with Crippen LogP contribution in [-0.4, -0.2) is 17.8 Å². The minimum absolute atomic E-state index is 0.131. The number of para-hydroxylation sites is 1. The van der Waals surface area contributed by atoms with E-state index in [0.29, 0.717) is 5.02 Å². The van der Waals surface area contributed by atoms with Crippen LogP contribution in [-0.2, 0) is 0 Å². The number of benzene rings is 3. The Morgan fingerprint density at radius 3 is 2.64 bits per heavy atom. The van der Waals surface area contributed by atoms with Crippen LogP contribution in [0.4, 0.5) is 0 Å². The predicted octanol–water partition coefficient (Wildman–Crippen LogP) is 5.59. The number of hydrogen-bond donors (Lipinski definition) is 0. The Balaban J connectivity index is 1.57. The average molecular weight is 391 g/mol. The van der Waals surface area contributed by atoms with Gasteiger partial charge >= 0.3 is 0 Å².